The van der Waals surface area contributed by atoms with E-state index >= 15 is 0 Å². The SMILES string of the molecule is CCN(CC(N)=NO)C(=O)c1ccc(C)nc1C. The molecular weight excluding hydrogens is 232 g/mol. The van der Waals surface area contributed by atoms with Crippen LogP contribution in [0, 0.1) is 13.8 Å². The highest BCUT2D eigenvalue weighted by Crippen LogP contribution is 2.10. The number of hydrogen-bond donors (Lipinski definition) is 2. The van der Waals surface area contributed by atoms with Crippen molar-refractivity contribution in [2.24, 2.45) is 10.9 Å². The minimum atomic E-state index is -0.172. The van der Waals surface area contributed by atoms with Gasteiger partial charge in [-0.3, -0.25) is 9.78 Å². The molecule has 0 spiro atoms. The van der Waals surface area contributed by atoms with E-state index in [4.69, 9.17) is 10.9 Å². The third-order valence-corrected chi connectivity index (χ3v) is 2.61. The first-order valence-electron chi connectivity index (χ1n) is 5.69. The van der Waals surface area contributed by atoms with Crippen LogP contribution in [0.3, 0.4) is 0 Å². The van der Waals surface area contributed by atoms with Crippen LogP contribution in [0.25, 0.3) is 0 Å². The highest BCUT2D eigenvalue weighted by Gasteiger charge is 2.17. The topological polar surface area (TPSA) is 91.8 Å². The molecule has 0 aliphatic heterocycles. The maximum Gasteiger partial charge on any atom is 0.256 e. The number of pyridine rings is 1. The van der Waals surface area contributed by atoms with Gasteiger partial charge in [-0.1, -0.05) is 5.16 Å². The molecule has 18 heavy (non-hydrogen) atoms. The molecule has 6 heteroatoms. The largest absolute Gasteiger partial charge is 0.409 e. The molecule has 0 saturated heterocycles. The highest BCUT2D eigenvalue weighted by molar-refractivity contribution is 5.97. The van der Waals surface area contributed by atoms with Gasteiger partial charge in [-0.25, -0.2) is 0 Å². The normalized spacial score (nSPS) is 11.4. The van der Waals surface area contributed by atoms with E-state index in [1.54, 1.807) is 19.1 Å². The van der Waals surface area contributed by atoms with Gasteiger partial charge in [0.05, 0.1) is 17.8 Å². The predicted molar refractivity (Wildman–Crippen MR) is 68.7 cm³/mol. The number of oxime groups is 1. The Kier molecular flexibility index (Phi) is 4.65. The minimum absolute atomic E-state index is 0.00271. The Hall–Kier alpha value is -2.11. The van der Waals surface area contributed by atoms with Crippen molar-refractivity contribution in [3.8, 4) is 0 Å². The minimum Gasteiger partial charge on any atom is -0.409 e. The van der Waals surface area contributed by atoms with E-state index in [1.807, 2.05) is 13.8 Å². The maximum absolute atomic E-state index is 12.3. The second kappa shape index (κ2) is 6.00. The molecule has 0 saturated carbocycles. The third-order valence-electron chi connectivity index (χ3n) is 2.61. The van der Waals surface area contributed by atoms with Crippen LogP contribution in [-0.4, -0.2) is 39.9 Å². The molecule has 1 aromatic heterocycles. The number of rotatable bonds is 4. The standard InChI is InChI=1S/C12H18N4O2/c1-4-16(7-11(13)15-18)12(17)10-6-5-8(2)14-9(10)3/h5-6,18H,4,7H2,1-3H3,(H2,13,15). The molecule has 0 bridgehead atoms. The van der Waals surface area contributed by atoms with E-state index in [1.165, 1.54) is 4.90 Å². The lowest BCUT2D eigenvalue weighted by molar-refractivity contribution is 0.0785. The summed E-state index contributed by atoms with van der Waals surface area (Å²) >= 11 is 0. The monoisotopic (exact) mass is 250 g/mol. The molecule has 3 N–H and O–H groups in total. The summed E-state index contributed by atoms with van der Waals surface area (Å²) < 4.78 is 0. The number of amides is 1. The number of carbonyl (C=O) groups excluding carboxylic acids is 1. The van der Waals surface area contributed by atoms with Crippen molar-refractivity contribution in [3.63, 3.8) is 0 Å². The quantitative estimate of drug-likeness (QED) is 0.359. The van der Waals surface area contributed by atoms with Crippen molar-refractivity contribution in [2.75, 3.05) is 13.1 Å². The summed E-state index contributed by atoms with van der Waals surface area (Å²) in [5.41, 5.74) is 7.50. The zero-order valence-corrected chi connectivity index (χ0v) is 10.8. The number of aryl methyl sites for hydroxylation is 2. The van der Waals surface area contributed by atoms with Gasteiger partial charge in [-0.05, 0) is 32.9 Å². The van der Waals surface area contributed by atoms with Gasteiger partial charge in [-0.2, -0.15) is 0 Å². The molecule has 0 aliphatic rings. The number of hydrogen-bond acceptors (Lipinski definition) is 4. The Labute approximate surface area is 106 Å². The van der Waals surface area contributed by atoms with Gasteiger partial charge in [0, 0.05) is 12.2 Å². The number of carbonyl (C=O) groups is 1. The molecular formula is C12H18N4O2. The third kappa shape index (κ3) is 3.19. The molecule has 0 fully saturated rings. The molecule has 0 unspecified atom stereocenters. The van der Waals surface area contributed by atoms with E-state index in [0.717, 1.165) is 5.69 Å². The van der Waals surface area contributed by atoms with E-state index in [2.05, 4.69) is 10.1 Å². The average molecular weight is 250 g/mol. The zero-order valence-electron chi connectivity index (χ0n) is 10.8. The summed E-state index contributed by atoms with van der Waals surface area (Å²) in [5.74, 6) is -0.169. The van der Waals surface area contributed by atoms with Crippen LogP contribution in [0.2, 0.25) is 0 Å². The molecule has 98 valence electrons. The van der Waals surface area contributed by atoms with Gasteiger partial charge in [-0.15, -0.1) is 0 Å². The first kappa shape index (κ1) is 14.0. The fourth-order valence-corrected chi connectivity index (χ4v) is 1.64. The summed E-state index contributed by atoms with van der Waals surface area (Å²) in [6, 6.07) is 3.53. The van der Waals surface area contributed by atoms with Crippen molar-refractivity contribution < 1.29 is 10.0 Å². The van der Waals surface area contributed by atoms with Crippen LogP contribution in [0.1, 0.15) is 28.7 Å². The molecule has 0 radical (unpaired) electrons. The number of amidine groups is 1. The zero-order chi connectivity index (χ0) is 13.7. The average Bonchev–Trinajstić information content (AvgIpc) is 2.34. The fourth-order valence-electron chi connectivity index (χ4n) is 1.64. The van der Waals surface area contributed by atoms with Crippen LogP contribution in [0.5, 0.6) is 0 Å². The molecule has 1 rings (SSSR count). The summed E-state index contributed by atoms with van der Waals surface area (Å²) in [6.07, 6.45) is 0. The summed E-state index contributed by atoms with van der Waals surface area (Å²) in [5, 5.41) is 11.4. The Bertz CT molecular complexity index is 471. The predicted octanol–water partition coefficient (Wildman–Crippen LogP) is 0.907. The van der Waals surface area contributed by atoms with Crippen molar-refractivity contribution in [2.45, 2.75) is 20.8 Å². The Morgan fingerprint density at radius 3 is 2.67 bits per heavy atom. The number of aromatic nitrogens is 1. The van der Waals surface area contributed by atoms with Crippen molar-refractivity contribution in [1.29, 1.82) is 0 Å². The first-order chi connectivity index (χ1) is 8.49. The van der Waals surface area contributed by atoms with E-state index in [9.17, 15) is 4.79 Å². The Morgan fingerprint density at radius 1 is 1.50 bits per heavy atom. The van der Waals surface area contributed by atoms with E-state index in [0.29, 0.717) is 17.8 Å². The lowest BCUT2D eigenvalue weighted by atomic mass is 10.1. The Balaban J connectivity index is 2.96. The summed E-state index contributed by atoms with van der Waals surface area (Å²) in [4.78, 5) is 18.0. The van der Waals surface area contributed by atoms with Gasteiger partial charge in [0.15, 0.2) is 5.84 Å². The molecule has 1 aromatic rings. The molecule has 6 nitrogen and oxygen atoms in total. The summed E-state index contributed by atoms with van der Waals surface area (Å²) in [6.45, 7) is 6.06. The lowest BCUT2D eigenvalue weighted by Gasteiger charge is -2.20. The smallest absolute Gasteiger partial charge is 0.256 e. The van der Waals surface area contributed by atoms with Gasteiger partial charge >= 0.3 is 0 Å². The van der Waals surface area contributed by atoms with Crippen molar-refractivity contribution in [3.05, 3.63) is 29.1 Å². The maximum atomic E-state index is 12.3. The van der Waals surface area contributed by atoms with Crippen LogP contribution in [0.15, 0.2) is 17.3 Å². The van der Waals surface area contributed by atoms with Crippen LogP contribution < -0.4 is 5.73 Å². The van der Waals surface area contributed by atoms with Crippen LogP contribution in [0.4, 0.5) is 0 Å². The van der Waals surface area contributed by atoms with E-state index in [-0.39, 0.29) is 18.3 Å². The van der Waals surface area contributed by atoms with Crippen LogP contribution in [-0.2, 0) is 0 Å². The van der Waals surface area contributed by atoms with Gasteiger partial charge < -0.3 is 15.8 Å². The Morgan fingerprint density at radius 2 is 2.17 bits per heavy atom. The van der Waals surface area contributed by atoms with Gasteiger partial charge in [0.2, 0.25) is 0 Å². The van der Waals surface area contributed by atoms with Gasteiger partial charge in [0.25, 0.3) is 5.91 Å². The summed E-state index contributed by atoms with van der Waals surface area (Å²) in [7, 11) is 0. The number of likely N-dealkylation sites (N-methyl/N-ethyl adjacent to an activating group) is 1. The second-order valence-corrected chi connectivity index (χ2v) is 4.00. The molecule has 0 aromatic carbocycles. The molecule has 1 amide bonds. The number of nitrogens with two attached hydrogens (primary N) is 1. The molecule has 0 atom stereocenters. The van der Waals surface area contributed by atoms with Crippen LogP contribution >= 0.6 is 0 Å². The molecule has 1 heterocycles. The number of nitrogens with zero attached hydrogens (tertiary/aromatic N) is 3. The fraction of sp³-hybridized carbons (Fsp3) is 0.417. The first-order valence-corrected chi connectivity index (χ1v) is 5.69. The molecule has 0 aliphatic carbocycles. The van der Waals surface area contributed by atoms with Crippen molar-refractivity contribution >= 4 is 11.7 Å². The van der Waals surface area contributed by atoms with Crippen molar-refractivity contribution in [1.82, 2.24) is 9.88 Å². The van der Waals surface area contributed by atoms with Gasteiger partial charge in [0.1, 0.15) is 0 Å². The van der Waals surface area contributed by atoms with E-state index < -0.39 is 0 Å². The highest BCUT2D eigenvalue weighted by atomic mass is 16.4. The second-order valence-electron chi connectivity index (χ2n) is 4.00. The lowest BCUT2D eigenvalue weighted by Crippen LogP contribution is -2.38.